The van der Waals surface area contributed by atoms with Crippen molar-refractivity contribution in [2.75, 3.05) is 19.5 Å². The molecule has 0 atom stereocenters. The third-order valence-electron chi connectivity index (χ3n) is 1.68. The molecule has 1 rings (SSSR count). The molecule has 0 aliphatic carbocycles. The van der Waals surface area contributed by atoms with Gasteiger partial charge in [-0.1, -0.05) is 13.8 Å². The van der Waals surface area contributed by atoms with Crippen LogP contribution in [0.15, 0.2) is 18.2 Å². The van der Waals surface area contributed by atoms with Gasteiger partial charge in [0.15, 0.2) is 0 Å². The summed E-state index contributed by atoms with van der Waals surface area (Å²) in [7, 11) is 3.59. The number of ether oxygens (including phenoxy) is 1. The van der Waals surface area contributed by atoms with Gasteiger partial charge >= 0.3 is 0 Å². The highest BCUT2D eigenvalue weighted by Crippen LogP contribution is 2.20. The first-order valence-electron chi connectivity index (χ1n) is 4.60. The van der Waals surface area contributed by atoms with E-state index in [0.717, 1.165) is 17.0 Å². The average Bonchev–Trinajstić information content (AvgIpc) is 2.20. The first-order valence-corrected chi connectivity index (χ1v) is 4.60. The lowest BCUT2D eigenvalue weighted by atomic mass is 10.2. The SMILES string of the molecule is CC.CNc1ccc(OC)c(C)c1. The standard InChI is InChI=1S/C9H13NO.C2H6/c1-7-6-8(10-2)4-5-9(7)11-3;1-2/h4-6,10H,1-3H3;1-2H3. The first kappa shape index (κ1) is 11.8. The Kier molecular flexibility index (Phi) is 5.77. The van der Waals surface area contributed by atoms with Gasteiger partial charge in [0.25, 0.3) is 0 Å². The van der Waals surface area contributed by atoms with Crippen LogP contribution in [0.5, 0.6) is 5.75 Å². The zero-order chi connectivity index (χ0) is 10.3. The zero-order valence-electron chi connectivity index (χ0n) is 9.14. The van der Waals surface area contributed by atoms with Crippen LogP contribution < -0.4 is 10.1 Å². The van der Waals surface area contributed by atoms with E-state index in [9.17, 15) is 0 Å². The summed E-state index contributed by atoms with van der Waals surface area (Å²) in [5.41, 5.74) is 2.27. The monoisotopic (exact) mass is 181 g/mol. The van der Waals surface area contributed by atoms with Gasteiger partial charge in [-0.15, -0.1) is 0 Å². The van der Waals surface area contributed by atoms with Gasteiger partial charge in [-0.25, -0.2) is 0 Å². The van der Waals surface area contributed by atoms with Gasteiger partial charge in [-0.05, 0) is 30.7 Å². The fourth-order valence-corrected chi connectivity index (χ4v) is 1.03. The number of anilines is 1. The second kappa shape index (κ2) is 6.35. The van der Waals surface area contributed by atoms with Crippen LogP contribution in [0.4, 0.5) is 5.69 Å². The third kappa shape index (κ3) is 3.36. The van der Waals surface area contributed by atoms with Gasteiger partial charge in [0, 0.05) is 12.7 Å². The average molecular weight is 181 g/mol. The van der Waals surface area contributed by atoms with Crippen molar-refractivity contribution in [3.8, 4) is 5.75 Å². The highest BCUT2D eigenvalue weighted by Gasteiger charge is 1.96. The first-order chi connectivity index (χ1) is 6.27. The maximum atomic E-state index is 5.12. The minimum Gasteiger partial charge on any atom is -0.496 e. The highest BCUT2D eigenvalue weighted by molar-refractivity contribution is 5.50. The normalized spacial score (nSPS) is 8.38. The molecule has 1 N–H and O–H groups in total. The molecule has 2 nitrogen and oxygen atoms in total. The molecule has 1 aromatic rings. The van der Waals surface area contributed by atoms with Crippen molar-refractivity contribution in [1.29, 1.82) is 0 Å². The predicted octanol–water partition coefficient (Wildman–Crippen LogP) is 3.07. The highest BCUT2D eigenvalue weighted by atomic mass is 16.5. The Morgan fingerprint density at radius 2 is 1.85 bits per heavy atom. The Hall–Kier alpha value is -1.18. The van der Waals surface area contributed by atoms with E-state index >= 15 is 0 Å². The molecule has 1 aromatic carbocycles. The van der Waals surface area contributed by atoms with Crippen LogP contribution in [-0.2, 0) is 0 Å². The van der Waals surface area contributed by atoms with Gasteiger partial charge in [-0.3, -0.25) is 0 Å². The lowest BCUT2D eigenvalue weighted by molar-refractivity contribution is 0.412. The van der Waals surface area contributed by atoms with Gasteiger partial charge in [0.2, 0.25) is 0 Å². The van der Waals surface area contributed by atoms with Crippen LogP contribution >= 0.6 is 0 Å². The Morgan fingerprint density at radius 1 is 1.23 bits per heavy atom. The van der Waals surface area contributed by atoms with E-state index in [0.29, 0.717) is 0 Å². The smallest absolute Gasteiger partial charge is 0.121 e. The molecule has 0 saturated carbocycles. The summed E-state index contributed by atoms with van der Waals surface area (Å²) in [6.07, 6.45) is 0. The number of aryl methyl sites for hydroxylation is 1. The van der Waals surface area contributed by atoms with E-state index < -0.39 is 0 Å². The molecule has 0 aromatic heterocycles. The summed E-state index contributed by atoms with van der Waals surface area (Å²) in [5.74, 6) is 0.934. The molecule has 0 unspecified atom stereocenters. The van der Waals surface area contributed by atoms with Crippen LogP contribution in [-0.4, -0.2) is 14.2 Å². The second-order valence-corrected chi connectivity index (χ2v) is 2.43. The summed E-state index contributed by atoms with van der Waals surface area (Å²) >= 11 is 0. The molecule has 0 heterocycles. The third-order valence-corrected chi connectivity index (χ3v) is 1.68. The zero-order valence-corrected chi connectivity index (χ0v) is 9.14. The Labute approximate surface area is 80.9 Å². The quantitative estimate of drug-likeness (QED) is 0.757. The van der Waals surface area contributed by atoms with Crippen LogP contribution in [0.2, 0.25) is 0 Å². The van der Waals surface area contributed by atoms with Crippen LogP contribution in [0, 0.1) is 6.92 Å². The summed E-state index contributed by atoms with van der Waals surface area (Å²) in [4.78, 5) is 0. The van der Waals surface area contributed by atoms with Gasteiger partial charge in [-0.2, -0.15) is 0 Å². The van der Waals surface area contributed by atoms with Crippen molar-refractivity contribution in [3.05, 3.63) is 23.8 Å². The largest absolute Gasteiger partial charge is 0.496 e. The fourth-order valence-electron chi connectivity index (χ4n) is 1.03. The van der Waals surface area contributed by atoms with E-state index in [-0.39, 0.29) is 0 Å². The lowest BCUT2D eigenvalue weighted by Crippen LogP contribution is -1.91. The van der Waals surface area contributed by atoms with Crippen molar-refractivity contribution < 1.29 is 4.74 Å². The number of nitrogens with one attached hydrogen (secondary N) is 1. The van der Waals surface area contributed by atoms with Crippen molar-refractivity contribution in [3.63, 3.8) is 0 Å². The Balaban J connectivity index is 0.000000671. The number of methoxy groups -OCH3 is 1. The molecule has 13 heavy (non-hydrogen) atoms. The number of rotatable bonds is 2. The van der Waals surface area contributed by atoms with E-state index in [4.69, 9.17) is 4.74 Å². The fraction of sp³-hybridized carbons (Fsp3) is 0.455. The minimum absolute atomic E-state index is 0.934. The van der Waals surface area contributed by atoms with Gasteiger partial charge < -0.3 is 10.1 Å². The minimum atomic E-state index is 0.934. The topological polar surface area (TPSA) is 21.3 Å². The van der Waals surface area contributed by atoms with Crippen molar-refractivity contribution in [1.82, 2.24) is 0 Å². The summed E-state index contributed by atoms with van der Waals surface area (Å²) in [6, 6.07) is 6.01. The van der Waals surface area contributed by atoms with Crippen molar-refractivity contribution >= 4 is 5.69 Å². The molecule has 0 radical (unpaired) electrons. The molecule has 0 spiro atoms. The number of hydrogen-bond acceptors (Lipinski definition) is 2. The molecule has 0 bridgehead atoms. The molecule has 0 aliphatic rings. The van der Waals surface area contributed by atoms with E-state index in [2.05, 4.69) is 11.4 Å². The van der Waals surface area contributed by atoms with E-state index in [1.165, 1.54) is 0 Å². The van der Waals surface area contributed by atoms with E-state index in [1.54, 1.807) is 7.11 Å². The molecule has 2 heteroatoms. The predicted molar refractivity (Wildman–Crippen MR) is 58.6 cm³/mol. The summed E-state index contributed by atoms with van der Waals surface area (Å²) in [6.45, 7) is 6.03. The maximum Gasteiger partial charge on any atom is 0.121 e. The van der Waals surface area contributed by atoms with Crippen LogP contribution in [0.1, 0.15) is 19.4 Å². The molecule has 0 aliphatic heterocycles. The maximum absolute atomic E-state index is 5.12. The van der Waals surface area contributed by atoms with Crippen LogP contribution in [0.25, 0.3) is 0 Å². The molecule has 0 saturated heterocycles. The Bertz CT molecular complexity index is 246. The van der Waals surface area contributed by atoms with Gasteiger partial charge in [0.1, 0.15) is 5.75 Å². The molecular formula is C11H19NO. The lowest BCUT2D eigenvalue weighted by Gasteiger charge is -2.06. The van der Waals surface area contributed by atoms with Crippen LogP contribution in [0.3, 0.4) is 0 Å². The van der Waals surface area contributed by atoms with Gasteiger partial charge in [0.05, 0.1) is 7.11 Å². The molecule has 0 fully saturated rings. The number of hydrogen-bond donors (Lipinski definition) is 1. The van der Waals surface area contributed by atoms with E-state index in [1.807, 2.05) is 40.0 Å². The van der Waals surface area contributed by atoms with Crippen molar-refractivity contribution in [2.24, 2.45) is 0 Å². The molecule has 0 amide bonds. The second-order valence-electron chi connectivity index (χ2n) is 2.43. The molecule has 74 valence electrons. The van der Waals surface area contributed by atoms with Crippen molar-refractivity contribution in [2.45, 2.75) is 20.8 Å². The Morgan fingerprint density at radius 3 is 2.23 bits per heavy atom. The molecular weight excluding hydrogens is 162 g/mol. The summed E-state index contributed by atoms with van der Waals surface area (Å²) in [5, 5.41) is 3.06. The number of benzene rings is 1. The summed E-state index contributed by atoms with van der Waals surface area (Å²) < 4.78 is 5.12.